The van der Waals surface area contributed by atoms with Gasteiger partial charge in [-0.15, -0.1) is 0 Å². The highest BCUT2D eigenvalue weighted by Gasteiger charge is 2.31. The van der Waals surface area contributed by atoms with Gasteiger partial charge in [-0.05, 0) is 30.3 Å². The van der Waals surface area contributed by atoms with Gasteiger partial charge in [-0.3, -0.25) is 14.5 Å². The lowest BCUT2D eigenvalue weighted by molar-refractivity contribution is -0.139. The molecular weight excluding hydrogens is 448 g/mol. The number of benzene rings is 2. The molecule has 0 N–H and O–H groups in total. The predicted molar refractivity (Wildman–Crippen MR) is 121 cm³/mol. The van der Waals surface area contributed by atoms with E-state index in [1.165, 1.54) is 11.2 Å². The van der Waals surface area contributed by atoms with E-state index in [-0.39, 0.29) is 37.7 Å². The van der Waals surface area contributed by atoms with Gasteiger partial charge in [-0.1, -0.05) is 23.7 Å². The third-order valence-electron chi connectivity index (χ3n) is 5.56. The number of carbonyl (C=O) groups excluding carboxylic acids is 2. The maximum absolute atomic E-state index is 13.0. The van der Waals surface area contributed by atoms with Crippen molar-refractivity contribution in [3.63, 3.8) is 0 Å². The Morgan fingerprint density at radius 3 is 3.00 bits per heavy atom. The van der Waals surface area contributed by atoms with E-state index in [4.69, 9.17) is 25.8 Å². The van der Waals surface area contributed by atoms with E-state index in [1.807, 2.05) is 24.3 Å². The van der Waals surface area contributed by atoms with Crippen molar-refractivity contribution in [1.82, 2.24) is 14.9 Å². The summed E-state index contributed by atoms with van der Waals surface area (Å²) in [6.45, 7) is 1.19. The average Bonchev–Trinajstić information content (AvgIpc) is 2.84. The van der Waals surface area contributed by atoms with Crippen molar-refractivity contribution in [2.75, 3.05) is 44.4 Å². The molecule has 1 fully saturated rings. The number of morpholine rings is 1. The largest absolute Gasteiger partial charge is 0.482 e. The van der Waals surface area contributed by atoms with Crippen LogP contribution in [0.4, 0.5) is 5.69 Å². The van der Waals surface area contributed by atoms with Gasteiger partial charge in [-0.25, -0.2) is 9.97 Å². The maximum Gasteiger partial charge on any atom is 0.265 e. The molecule has 0 spiro atoms. The average molecular weight is 469 g/mol. The van der Waals surface area contributed by atoms with E-state index < -0.39 is 0 Å². The number of halogens is 1. The molecule has 3 heterocycles. The highest BCUT2D eigenvalue weighted by Crippen LogP contribution is 2.34. The number of amides is 2. The fourth-order valence-corrected chi connectivity index (χ4v) is 4.06. The Kier molecular flexibility index (Phi) is 5.97. The molecule has 0 bridgehead atoms. The Hall–Kier alpha value is -3.43. The number of fused-ring (bicyclic) bond motifs is 2. The van der Waals surface area contributed by atoms with E-state index in [2.05, 4.69) is 9.97 Å². The highest BCUT2D eigenvalue weighted by molar-refractivity contribution is 6.31. The molecule has 2 aromatic carbocycles. The molecule has 5 rings (SSSR count). The van der Waals surface area contributed by atoms with Crippen LogP contribution in [0.1, 0.15) is 0 Å². The van der Waals surface area contributed by atoms with Crippen LogP contribution in [0.5, 0.6) is 11.6 Å². The molecule has 2 aliphatic rings. The van der Waals surface area contributed by atoms with Crippen molar-refractivity contribution in [3.05, 3.63) is 53.8 Å². The van der Waals surface area contributed by atoms with Crippen LogP contribution in [0.15, 0.2) is 48.8 Å². The van der Waals surface area contributed by atoms with Crippen molar-refractivity contribution < 1.29 is 23.8 Å². The van der Waals surface area contributed by atoms with Gasteiger partial charge < -0.3 is 19.1 Å². The van der Waals surface area contributed by atoms with Gasteiger partial charge in [-0.2, -0.15) is 0 Å². The monoisotopic (exact) mass is 468 g/mol. The fraction of sp³-hybridized carbons (Fsp3) is 0.304. The van der Waals surface area contributed by atoms with Crippen molar-refractivity contribution >= 4 is 40.0 Å². The van der Waals surface area contributed by atoms with Crippen LogP contribution in [0, 0.1) is 0 Å². The van der Waals surface area contributed by atoms with Crippen molar-refractivity contribution in [2.45, 2.75) is 6.10 Å². The first kappa shape index (κ1) is 21.4. The first-order valence-electron chi connectivity index (χ1n) is 10.5. The van der Waals surface area contributed by atoms with E-state index in [0.717, 1.165) is 10.9 Å². The molecule has 3 aromatic rings. The maximum atomic E-state index is 13.0. The van der Waals surface area contributed by atoms with Crippen LogP contribution in [-0.4, -0.2) is 72.2 Å². The first-order valence-corrected chi connectivity index (χ1v) is 10.9. The summed E-state index contributed by atoms with van der Waals surface area (Å²) in [5.74, 6) is 0.524. The van der Waals surface area contributed by atoms with Crippen LogP contribution in [0.2, 0.25) is 5.02 Å². The van der Waals surface area contributed by atoms with Crippen LogP contribution in [0.3, 0.4) is 0 Å². The SMILES string of the molecule is O=C(CN1C(=O)COc2ccc(Cl)cc21)N1CCOC(COc2ncnc3ccccc23)C1. The second kappa shape index (κ2) is 9.21. The van der Waals surface area contributed by atoms with Crippen LogP contribution < -0.4 is 14.4 Å². The zero-order valence-electron chi connectivity index (χ0n) is 17.6. The number of anilines is 1. The Bertz CT molecular complexity index is 1200. The molecule has 9 nitrogen and oxygen atoms in total. The van der Waals surface area contributed by atoms with Gasteiger partial charge >= 0.3 is 0 Å². The summed E-state index contributed by atoms with van der Waals surface area (Å²) in [6, 6.07) is 12.6. The Morgan fingerprint density at radius 2 is 2.09 bits per heavy atom. The van der Waals surface area contributed by atoms with Crippen molar-refractivity contribution in [1.29, 1.82) is 0 Å². The lowest BCUT2D eigenvalue weighted by Crippen LogP contribution is -2.52. The summed E-state index contributed by atoms with van der Waals surface area (Å²) in [5, 5.41) is 1.28. The minimum atomic E-state index is -0.321. The normalized spacial score (nSPS) is 18.1. The second-order valence-corrected chi connectivity index (χ2v) is 8.16. The van der Waals surface area contributed by atoms with Gasteiger partial charge in [0.1, 0.15) is 31.3 Å². The number of hydrogen-bond acceptors (Lipinski definition) is 7. The molecular formula is C23H21ClN4O5. The number of ether oxygens (including phenoxy) is 3. The molecule has 170 valence electrons. The fourth-order valence-electron chi connectivity index (χ4n) is 3.90. The standard InChI is InChI=1S/C23H21ClN4O5/c24-15-5-6-20-19(9-15)28(22(30)13-32-20)11-21(29)27-7-8-31-16(10-27)12-33-23-17-3-1-2-4-18(17)25-14-26-23/h1-6,9,14,16H,7-8,10-13H2. The van der Waals surface area contributed by atoms with Gasteiger partial charge in [0.15, 0.2) is 6.61 Å². The molecule has 0 saturated carbocycles. The predicted octanol–water partition coefficient (Wildman–Crippen LogP) is 2.32. The molecule has 2 amide bonds. The van der Waals surface area contributed by atoms with Crippen LogP contribution in [-0.2, 0) is 14.3 Å². The van der Waals surface area contributed by atoms with Gasteiger partial charge in [0.2, 0.25) is 11.8 Å². The zero-order valence-corrected chi connectivity index (χ0v) is 18.4. The summed E-state index contributed by atoms with van der Waals surface area (Å²) in [7, 11) is 0. The topological polar surface area (TPSA) is 94.1 Å². The minimum absolute atomic E-state index is 0.0976. The highest BCUT2D eigenvalue weighted by atomic mass is 35.5. The number of hydrogen-bond donors (Lipinski definition) is 0. The minimum Gasteiger partial charge on any atom is -0.482 e. The number of aromatic nitrogens is 2. The number of nitrogens with zero attached hydrogens (tertiary/aromatic N) is 4. The molecule has 10 heteroatoms. The molecule has 1 saturated heterocycles. The summed E-state index contributed by atoms with van der Waals surface area (Å²) in [5.41, 5.74) is 1.29. The Labute approximate surface area is 194 Å². The molecule has 0 radical (unpaired) electrons. The summed E-state index contributed by atoms with van der Waals surface area (Å²) < 4.78 is 17.1. The third-order valence-corrected chi connectivity index (χ3v) is 5.80. The lowest BCUT2D eigenvalue weighted by Gasteiger charge is -2.35. The number of rotatable bonds is 5. The summed E-state index contributed by atoms with van der Waals surface area (Å²) in [4.78, 5) is 37.0. The number of para-hydroxylation sites is 1. The van der Waals surface area contributed by atoms with E-state index in [0.29, 0.717) is 42.0 Å². The Balaban J connectivity index is 1.23. The zero-order chi connectivity index (χ0) is 22.8. The van der Waals surface area contributed by atoms with Crippen molar-refractivity contribution in [2.24, 2.45) is 0 Å². The smallest absolute Gasteiger partial charge is 0.265 e. The summed E-state index contributed by atoms with van der Waals surface area (Å²) in [6.07, 6.45) is 1.14. The third kappa shape index (κ3) is 4.55. The molecule has 1 unspecified atom stereocenters. The van der Waals surface area contributed by atoms with Gasteiger partial charge in [0.05, 0.1) is 29.7 Å². The summed E-state index contributed by atoms with van der Waals surface area (Å²) >= 11 is 6.09. The van der Waals surface area contributed by atoms with Gasteiger partial charge in [0.25, 0.3) is 5.91 Å². The Morgan fingerprint density at radius 1 is 1.21 bits per heavy atom. The number of carbonyl (C=O) groups is 2. The van der Waals surface area contributed by atoms with Crippen molar-refractivity contribution in [3.8, 4) is 11.6 Å². The first-order chi connectivity index (χ1) is 16.1. The van der Waals surface area contributed by atoms with E-state index in [1.54, 1.807) is 23.1 Å². The van der Waals surface area contributed by atoms with E-state index >= 15 is 0 Å². The molecule has 1 aromatic heterocycles. The lowest BCUT2D eigenvalue weighted by atomic mass is 10.2. The molecule has 2 aliphatic heterocycles. The van der Waals surface area contributed by atoms with E-state index in [9.17, 15) is 9.59 Å². The molecule has 1 atom stereocenters. The molecule has 0 aliphatic carbocycles. The second-order valence-electron chi connectivity index (χ2n) is 7.72. The van der Waals surface area contributed by atoms with Crippen LogP contribution >= 0.6 is 11.6 Å². The molecule has 33 heavy (non-hydrogen) atoms. The quantitative estimate of drug-likeness (QED) is 0.567. The van der Waals surface area contributed by atoms with Gasteiger partial charge in [0, 0.05) is 11.6 Å². The van der Waals surface area contributed by atoms with Crippen LogP contribution in [0.25, 0.3) is 10.9 Å².